The Balaban J connectivity index is 3.76. The number of ether oxygens (including phenoxy) is 2. The molecule has 1 rings (SSSR count). The number of urea groups is 1. The van der Waals surface area contributed by atoms with E-state index in [-0.39, 0.29) is 11.5 Å². The van der Waals surface area contributed by atoms with Crippen LogP contribution in [0.25, 0.3) is 0 Å². The number of anilines is 1. The first-order chi connectivity index (χ1) is 12.7. The van der Waals surface area contributed by atoms with Crippen LogP contribution >= 0.6 is 46.4 Å². The first kappa shape index (κ1) is 24.3. The maximum absolute atomic E-state index is 12.6. The molecule has 0 aliphatic carbocycles. The SMILES string of the molecule is CCOC(=O)c1cnc(Cl)c(OCC(F)(F)F)c1N(C(N)=O)C(=O)C(Cl)(Cl)Cl. The third kappa shape index (κ3) is 6.16. The second-order valence-electron chi connectivity index (χ2n) is 4.74. The zero-order valence-electron chi connectivity index (χ0n) is 13.7. The molecule has 8 nitrogen and oxygen atoms in total. The maximum Gasteiger partial charge on any atom is 0.422 e. The van der Waals surface area contributed by atoms with Crippen LogP contribution in [-0.4, -0.2) is 46.1 Å². The van der Waals surface area contributed by atoms with Crippen LogP contribution in [0.2, 0.25) is 5.15 Å². The molecule has 0 unspecified atom stereocenters. The number of carbonyl (C=O) groups excluding carboxylic acids is 3. The van der Waals surface area contributed by atoms with Crippen molar-refractivity contribution in [2.45, 2.75) is 16.9 Å². The third-order valence-corrected chi connectivity index (χ3v) is 3.48. The molecule has 1 aromatic heterocycles. The number of nitrogens with zero attached hydrogens (tertiary/aromatic N) is 2. The smallest absolute Gasteiger partial charge is 0.422 e. The Morgan fingerprint density at radius 2 is 1.82 bits per heavy atom. The lowest BCUT2D eigenvalue weighted by Gasteiger charge is -2.26. The van der Waals surface area contributed by atoms with Crippen LogP contribution in [0.1, 0.15) is 17.3 Å². The van der Waals surface area contributed by atoms with E-state index in [9.17, 15) is 27.6 Å². The molecule has 0 aliphatic rings. The summed E-state index contributed by atoms with van der Waals surface area (Å²) >= 11 is 22.1. The highest BCUT2D eigenvalue weighted by Crippen LogP contribution is 2.41. The van der Waals surface area contributed by atoms with Gasteiger partial charge in [0, 0.05) is 6.20 Å². The molecule has 0 saturated heterocycles. The van der Waals surface area contributed by atoms with Crippen LogP contribution in [0.3, 0.4) is 0 Å². The van der Waals surface area contributed by atoms with E-state index in [1.54, 1.807) is 0 Å². The predicted octanol–water partition coefficient (Wildman–Crippen LogP) is 3.63. The number of pyridine rings is 1. The van der Waals surface area contributed by atoms with Gasteiger partial charge in [0.05, 0.1) is 6.61 Å². The number of alkyl halides is 6. The van der Waals surface area contributed by atoms with E-state index in [2.05, 4.69) is 9.72 Å². The first-order valence-corrected chi connectivity index (χ1v) is 8.47. The van der Waals surface area contributed by atoms with Gasteiger partial charge in [-0.1, -0.05) is 46.4 Å². The quantitative estimate of drug-likeness (QED) is 0.386. The minimum atomic E-state index is -4.85. The summed E-state index contributed by atoms with van der Waals surface area (Å²) in [6.45, 7) is -0.669. The van der Waals surface area contributed by atoms with Crippen molar-refractivity contribution in [3.8, 4) is 5.75 Å². The molecule has 156 valence electrons. The summed E-state index contributed by atoms with van der Waals surface area (Å²) in [6.07, 6.45) is -4.13. The van der Waals surface area contributed by atoms with Gasteiger partial charge < -0.3 is 15.2 Å². The van der Waals surface area contributed by atoms with Gasteiger partial charge in [-0.25, -0.2) is 19.5 Å². The van der Waals surface area contributed by atoms with Crippen molar-refractivity contribution < 1.29 is 37.0 Å². The van der Waals surface area contributed by atoms with Crippen molar-refractivity contribution in [1.29, 1.82) is 0 Å². The highest BCUT2D eigenvalue weighted by atomic mass is 35.6. The van der Waals surface area contributed by atoms with Crippen molar-refractivity contribution in [3.05, 3.63) is 16.9 Å². The molecule has 1 aromatic rings. The van der Waals surface area contributed by atoms with Gasteiger partial charge in [0.15, 0.2) is 17.5 Å². The highest BCUT2D eigenvalue weighted by molar-refractivity contribution is 6.77. The van der Waals surface area contributed by atoms with Gasteiger partial charge >= 0.3 is 18.2 Å². The number of nitrogens with two attached hydrogens (primary N) is 1. The van der Waals surface area contributed by atoms with Gasteiger partial charge in [-0.3, -0.25) is 4.79 Å². The van der Waals surface area contributed by atoms with E-state index in [1.165, 1.54) is 6.92 Å². The molecule has 0 aromatic carbocycles. The van der Waals surface area contributed by atoms with E-state index < -0.39 is 56.6 Å². The summed E-state index contributed by atoms with van der Waals surface area (Å²) < 4.78 is 44.2. The van der Waals surface area contributed by atoms with Gasteiger partial charge in [-0.05, 0) is 6.92 Å². The number of rotatable bonds is 5. The summed E-state index contributed by atoms with van der Waals surface area (Å²) in [5.74, 6) is -3.79. The average molecular weight is 487 g/mol. The monoisotopic (exact) mass is 485 g/mol. The molecular weight excluding hydrogens is 477 g/mol. The van der Waals surface area contributed by atoms with E-state index in [0.717, 1.165) is 6.20 Å². The molecule has 28 heavy (non-hydrogen) atoms. The number of halogens is 7. The predicted molar refractivity (Wildman–Crippen MR) is 94.1 cm³/mol. The van der Waals surface area contributed by atoms with Gasteiger partial charge in [0.2, 0.25) is 0 Å². The normalized spacial score (nSPS) is 11.7. The van der Waals surface area contributed by atoms with Crippen molar-refractivity contribution in [2.75, 3.05) is 18.1 Å². The minimum Gasteiger partial charge on any atom is -0.479 e. The van der Waals surface area contributed by atoms with Crippen LogP contribution in [-0.2, 0) is 9.53 Å². The lowest BCUT2D eigenvalue weighted by molar-refractivity contribution is -0.153. The molecule has 2 N–H and O–H groups in total. The van der Waals surface area contributed by atoms with E-state index in [1.807, 2.05) is 0 Å². The second-order valence-corrected chi connectivity index (χ2v) is 7.38. The average Bonchev–Trinajstić information content (AvgIpc) is 2.52. The molecule has 0 aliphatic heterocycles. The molecular formula is C13H10Cl4F3N3O5. The zero-order chi connectivity index (χ0) is 21.9. The number of carbonyl (C=O) groups is 3. The summed E-state index contributed by atoms with van der Waals surface area (Å²) in [6, 6.07) is -1.61. The van der Waals surface area contributed by atoms with Crippen molar-refractivity contribution in [3.63, 3.8) is 0 Å². The Kier molecular flexibility index (Phi) is 8.00. The molecule has 0 bridgehead atoms. The Hall–Kier alpha value is -1.69. The third-order valence-electron chi connectivity index (χ3n) is 2.73. The van der Waals surface area contributed by atoms with Crippen LogP contribution < -0.4 is 15.4 Å². The van der Waals surface area contributed by atoms with Crippen LogP contribution in [0.5, 0.6) is 5.75 Å². The highest BCUT2D eigenvalue weighted by Gasteiger charge is 2.42. The minimum absolute atomic E-state index is 0.0709. The molecule has 3 amide bonds. The van der Waals surface area contributed by atoms with Crippen molar-refractivity contribution in [1.82, 2.24) is 4.98 Å². The number of primary amides is 1. The van der Waals surface area contributed by atoms with Gasteiger partial charge in [0.25, 0.3) is 9.70 Å². The van der Waals surface area contributed by atoms with Gasteiger partial charge in [0.1, 0.15) is 11.3 Å². The Morgan fingerprint density at radius 3 is 2.25 bits per heavy atom. The first-order valence-electron chi connectivity index (χ1n) is 6.96. The molecule has 1 heterocycles. The lowest BCUT2D eigenvalue weighted by atomic mass is 10.2. The fourth-order valence-corrected chi connectivity index (χ4v) is 2.21. The molecule has 0 fully saturated rings. The second kappa shape index (κ2) is 9.21. The Morgan fingerprint density at radius 1 is 1.25 bits per heavy atom. The van der Waals surface area contributed by atoms with Crippen molar-refractivity contribution in [2.24, 2.45) is 5.73 Å². The summed E-state index contributed by atoms with van der Waals surface area (Å²) in [4.78, 5) is 39.8. The molecule has 0 spiro atoms. The molecule has 15 heteroatoms. The fraction of sp³-hybridized carbons (Fsp3) is 0.385. The standard InChI is InChI=1S/C13H10Cl4F3N3O5/c1-2-27-9(24)5-3-22-8(14)7(28-4-12(18,19)20)6(5)23(11(21)26)10(25)13(15,16)17/h3H,2,4H2,1H3,(H2,21,26). The number of hydrogen-bond donors (Lipinski definition) is 1. The van der Waals surface area contributed by atoms with Gasteiger partial charge in [-0.2, -0.15) is 13.2 Å². The van der Waals surface area contributed by atoms with Crippen molar-refractivity contribution >= 4 is 70.0 Å². The fourth-order valence-electron chi connectivity index (χ4n) is 1.76. The van der Waals surface area contributed by atoms with E-state index in [0.29, 0.717) is 0 Å². The number of imide groups is 1. The topological polar surface area (TPSA) is 112 Å². The van der Waals surface area contributed by atoms with Crippen LogP contribution in [0.4, 0.5) is 23.7 Å². The Labute approximate surface area is 175 Å². The maximum atomic E-state index is 12.6. The molecule has 0 radical (unpaired) electrons. The number of hydrogen-bond acceptors (Lipinski definition) is 6. The number of esters is 1. The summed E-state index contributed by atoms with van der Waals surface area (Å²) in [5.41, 5.74) is 3.49. The van der Waals surface area contributed by atoms with E-state index in [4.69, 9.17) is 56.9 Å². The molecule has 0 saturated carbocycles. The summed E-state index contributed by atoms with van der Waals surface area (Å²) in [7, 11) is 0. The largest absolute Gasteiger partial charge is 0.479 e. The number of amides is 3. The van der Waals surface area contributed by atoms with E-state index >= 15 is 0 Å². The Bertz CT molecular complexity index is 786. The van der Waals surface area contributed by atoms with Gasteiger partial charge in [-0.15, -0.1) is 0 Å². The zero-order valence-corrected chi connectivity index (χ0v) is 16.7. The number of aromatic nitrogens is 1. The summed E-state index contributed by atoms with van der Waals surface area (Å²) in [5, 5.41) is -0.740. The van der Waals surface area contributed by atoms with Crippen LogP contribution in [0, 0.1) is 0 Å². The van der Waals surface area contributed by atoms with Crippen LogP contribution in [0.15, 0.2) is 6.20 Å². The lowest BCUT2D eigenvalue weighted by Crippen LogP contribution is -2.47. The molecule has 0 atom stereocenters.